The van der Waals surface area contributed by atoms with E-state index in [1.54, 1.807) is 24.3 Å². The minimum absolute atomic E-state index is 0.0560. The number of carbonyl (C=O) groups excluding carboxylic acids is 1. The molecule has 0 aliphatic heterocycles. The lowest BCUT2D eigenvalue weighted by atomic mass is 10.0. The van der Waals surface area contributed by atoms with Crippen LogP contribution in [0.15, 0.2) is 46.9 Å². The van der Waals surface area contributed by atoms with Crippen LogP contribution in [0.25, 0.3) is 0 Å². The molecule has 2 N–H and O–H groups in total. The van der Waals surface area contributed by atoms with Crippen molar-refractivity contribution in [1.29, 1.82) is 0 Å². The predicted molar refractivity (Wildman–Crippen MR) is 84.9 cm³/mol. The molecular weight excluding hydrogens is 334 g/mol. The molecule has 4 nitrogen and oxygen atoms in total. The summed E-state index contributed by atoms with van der Waals surface area (Å²) in [6.07, 6.45) is 0.730. The molecule has 0 aliphatic rings. The lowest BCUT2D eigenvalue weighted by molar-refractivity contribution is 0.0698. The number of aryl methyl sites for hydroxylation is 1. The molecule has 2 aromatic rings. The standard InChI is InChI=1S/C16H14BrNO3/c1-2-10-5-3-4-6-12(10)15(19)18-14-9-11(17)7-8-13(14)16(20)21/h3-9H,2H2,1H3,(H,18,19)(H,20,21). The van der Waals surface area contributed by atoms with E-state index in [4.69, 9.17) is 0 Å². The van der Waals surface area contributed by atoms with E-state index >= 15 is 0 Å². The van der Waals surface area contributed by atoms with E-state index in [9.17, 15) is 14.7 Å². The van der Waals surface area contributed by atoms with Crippen LogP contribution in [0.1, 0.15) is 33.2 Å². The molecule has 0 aromatic heterocycles. The molecule has 108 valence electrons. The Morgan fingerprint density at radius 1 is 1.14 bits per heavy atom. The first kappa shape index (κ1) is 15.3. The summed E-state index contributed by atoms with van der Waals surface area (Å²) in [6.45, 7) is 1.97. The van der Waals surface area contributed by atoms with Gasteiger partial charge < -0.3 is 10.4 Å². The van der Waals surface area contributed by atoms with Crippen LogP contribution in [0.2, 0.25) is 0 Å². The van der Waals surface area contributed by atoms with Gasteiger partial charge in [0.2, 0.25) is 0 Å². The molecule has 0 spiro atoms. The Bertz CT molecular complexity index is 698. The number of amides is 1. The van der Waals surface area contributed by atoms with E-state index in [-0.39, 0.29) is 17.2 Å². The van der Waals surface area contributed by atoms with E-state index in [1.807, 2.05) is 19.1 Å². The normalized spacial score (nSPS) is 10.2. The molecule has 2 rings (SSSR count). The van der Waals surface area contributed by atoms with Gasteiger partial charge in [-0.3, -0.25) is 4.79 Å². The maximum Gasteiger partial charge on any atom is 0.337 e. The van der Waals surface area contributed by atoms with E-state index in [1.165, 1.54) is 6.07 Å². The minimum atomic E-state index is -1.08. The molecular formula is C16H14BrNO3. The van der Waals surface area contributed by atoms with E-state index < -0.39 is 5.97 Å². The fourth-order valence-corrected chi connectivity index (χ4v) is 2.41. The van der Waals surface area contributed by atoms with Crippen molar-refractivity contribution in [2.75, 3.05) is 5.32 Å². The van der Waals surface area contributed by atoms with Crippen LogP contribution in [0.3, 0.4) is 0 Å². The molecule has 0 saturated carbocycles. The number of carboxylic acid groups (broad SMARTS) is 1. The lowest BCUT2D eigenvalue weighted by Gasteiger charge is -2.11. The zero-order valence-electron chi connectivity index (χ0n) is 11.4. The number of rotatable bonds is 4. The van der Waals surface area contributed by atoms with Crippen molar-refractivity contribution >= 4 is 33.5 Å². The van der Waals surface area contributed by atoms with Gasteiger partial charge in [-0.05, 0) is 36.2 Å². The molecule has 5 heteroatoms. The molecule has 0 saturated heterocycles. The smallest absolute Gasteiger partial charge is 0.337 e. The Kier molecular flexibility index (Phi) is 4.75. The number of halogens is 1. The number of carbonyl (C=O) groups is 2. The average molecular weight is 348 g/mol. The number of benzene rings is 2. The lowest BCUT2D eigenvalue weighted by Crippen LogP contribution is -2.16. The van der Waals surface area contributed by atoms with Gasteiger partial charge >= 0.3 is 5.97 Å². The van der Waals surface area contributed by atoms with Crippen LogP contribution < -0.4 is 5.32 Å². The van der Waals surface area contributed by atoms with Crippen LogP contribution in [0.4, 0.5) is 5.69 Å². The second-order valence-corrected chi connectivity index (χ2v) is 5.38. The van der Waals surface area contributed by atoms with E-state index in [2.05, 4.69) is 21.2 Å². The van der Waals surface area contributed by atoms with Crippen LogP contribution in [-0.4, -0.2) is 17.0 Å². The second kappa shape index (κ2) is 6.54. The van der Waals surface area contributed by atoms with Crippen molar-refractivity contribution in [2.24, 2.45) is 0 Å². The van der Waals surface area contributed by atoms with Crippen molar-refractivity contribution in [1.82, 2.24) is 0 Å². The van der Waals surface area contributed by atoms with Crippen molar-refractivity contribution in [3.05, 3.63) is 63.6 Å². The van der Waals surface area contributed by atoms with Crippen molar-refractivity contribution < 1.29 is 14.7 Å². The average Bonchev–Trinajstić information content (AvgIpc) is 2.46. The van der Waals surface area contributed by atoms with Gasteiger partial charge in [-0.15, -0.1) is 0 Å². The first-order valence-electron chi connectivity index (χ1n) is 6.45. The number of hydrogen-bond acceptors (Lipinski definition) is 2. The van der Waals surface area contributed by atoms with Gasteiger partial charge in [0, 0.05) is 10.0 Å². The predicted octanol–water partition coefficient (Wildman–Crippen LogP) is 3.96. The van der Waals surface area contributed by atoms with Crippen molar-refractivity contribution in [3.63, 3.8) is 0 Å². The highest BCUT2D eigenvalue weighted by molar-refractivity contribution is 9.10. The third kappa shape index (κ3) is 3.49. The molecule has 21 heavy (non-hydrogen) atoms. The Labute approximate surface area is 130 Å². The summed E-state index contributed by atoms with van der Waals surface area (Å²) < 4.78 is 0.701. The first-order chi connectivity index (χ1) is 10.0. The molecule has 0 heterocycles. The quantitative estimate of drug-likeness (QED) is 0.879. The Morgan fingerprint density at radius 2 is 1.86 bits per heavy atom. The van der Waals surface area contributed by atoms with Crippen LogP contribution in [-0.2, 0) is 6.42 Å². The van der Waals surface area contributed by atoms with Gasteiger partial charge in [-0.1, -0.05) is 41.1 Å². The topological polar surface area (TPSA) is 66.4 Å². The second-order valence-electron chi connectivity index (χ2n) is 4.46. The summed E-state index contributed by atoms with van der Waals surface area (Å²) in [5.74, 6) is -1.39. The number of carboxylic acids is 1. The maximum absolute atomic E-state index is 12.4. The molecule has 0 fully saturated rings. The first-order valence-corrected chi connectivity index (χ1v) is 7.24. The maximum atomic E-state index is 12.4. The van der Waals surface area contributed by atoms with E-state index in [0.717, 1.165) is 12.0 Å². The van der Waals surface area contributed by atoms with Gasteiger partial charge in [0.1, 0.15) is 0 Å². The molecule has 0 atom stereocenters. The minimum Gasteiger partial charge on any atom is -0.478 e. The van der Waals surface area contributed by atoms with Crippen LogP contribution in [0, 0.1) is 0 Å². The highest BCUT2D eigenvalue weighted by Gasteiger charge is 2.15. The third-order valence-corrected chi connectivity index (χ3v) is 3.60. The molecule has 0 aliphatic carbocycles. The number of nitrogens with one attached hydrogen (secondary N) is 1. The largest absolute Gasteiger partial charge is 0.478 e. The van der Waals surface area contributed by atoms with Crippen molar-refractivity contribution in [2.45, 2.75) is 13.3 Å². The van der Waals surface area contributed by atoms with Gasteiger partial charge in [0.05, 0.1) is 11.3 Å². The van der Waals surface area contributed by atoms with Gasteiger partial charge in [0.15, 0.2) is 0 Å². The zero-order chi connectivity index (χ0) is 15.4. The summed E-state index contributed by atoms with van der Waals surface area (Å²) in [4.78, 5) is 23.6. The molecule has 2 aromatic carbocycles. The Balaban J connectivity index is 2.36. The highest BCUT2D eigenvalue weighted by atomic mass is 79.9. The van der Waals surface area contributed by atoms with Crippen LogP contribution in [0.5, 0.6) is 0 Å². The number of anilines is 1. The fourth-order valence-electron chi connectivity index (χ4n) is 2.05. The Morgan fingerprint density at radius 3 is 2.52 bits per heavy atom. The Hall–Kier alpha value is -2.14. The number of aromatic carboxylic acids is 1. The van der Waals surface area contributed by atoms with Gasteiger partial charge in [-0.25, -0.2) is 4.79 Å². The van der Waals surface area contributed by atoms with Gasteiger partial charge in [0.25, 0.3) is 5.91 Å². The highest BCUT2D eigenvalue weighted by Crippen LogP contribution is 2.23. The summed E-state index contributed by atoms with van der Waals surface area (Å²) in [5, 5.41) is 11.8. The van der Waals surface area contributed by atoms with Gasteiger partial charge in [-0.2, -0.15) is 0 Å². The third-order valence-electron chi connectivity index (χ3n) is 3.10. The molecule has 0 radical (unpaired) electrons. The summed E-state index contributed by atoms with van der Waals surface area (Å²) in [5.41, 5.74) is 1.80. The SMILES string of the molecule is CCc1ccccc1C(=O)Nc1cc(Br)ccc1C(=O)O. The molecule has 0 unspecified atom stereocenters. The fraction of sp³-hybridized carbons (Fsp3) is 0.125. The summed E-state index contributed by atoms with van der Waals surface area (Å²) in [6, 6.07) is 11.9. The summed E-state index contributed by atoms with van der Waals surface area (Å²) >= 11 is 3.28. The number of hydrogen-bond donors (Lipinski definition) is 2. The summed E-state index contributed by atoms with van der Waals surface area (Å²) in [7, 11) is 0. The van der Waals surface area contributed by atoms with Crippen LogP contribution >= 0.6 is 15.9 Å². The monoisotopic (exact) mass is 347 g/mol. The zero-order valence-corrected chi connectivity index (χ0v) is 13.0. The molecule has 0 bridgehead atoms. The molecule has 1 amide bonds. The van der Waals surface area contributed by atoms with Crippen molar-refractivity contribution in [3.8, 4) is 0 Å². The van der Waals surface area contributed by atoms with E-state index in [0.29, 0.717) is 10.0 Å².